The minimum atomic E-state index is 0.294. The van der Waals surface area contributed by atoms with Crippen molar-refractivity contribution in [2.75, 3.05) is 26.2 Å². The monoisotopic (exact) mass is 312 g/mol. The molecule has 6 heteroatoms. The molecule has 2 N–H and O–H groups in total. The lowest BCUT2D eigenvalue weighted by Gasteiger charge is -2.11. The summed E-state index contributed by atoms with van der Waals surface area (Å²) in [5.74, 6) is 0.871. The van der Waals surface area contributed by atoms with Gasteiger partial charge in [0.2, 0.25) is 0 Å². The molecule has 120 valence electrons. The first-order chi connectivity index (χ1) is 10.1. The van der Waals surface area contributed by atoms with Gasteiger partial charge in [0.25, 0.3) is 0 Å². The SMILES string of the molecule is CCNC(=NCCCOC(C)C)NCCc1ncc(C)s1. The van der Waals surface area contributed by atoms with E-state index >= 15 is 0 Å². The molecule has 0 saturated heterocycles. The highest BCUT2D eigenvalue weighted by molar-refractivity contribution is 7.11. The highest BCUT2D eigenvalue weighted by Gasteiger charge is 2.01. The number of aromatic nitrogens is 1. The van der Waals surface area contributed by atoms with Crippen LogP contribution in [-0.4, -0.2) is 43.3 Å². The Bertz CT molecular complexity index is 418. The Morgan fingerprint density at radius 1 is 1.43 bits per heavy atom. The molecular formula is C15H28N4OS. The number of rotatable bonds is 9. The molecule has 1 heterocycles. The summed E-state index contributed by atoms with van der Waals surface area (Å²) in [6, 6.07) is 0. The fraction of sp³-hybridized carbons (Fsp3) is 0.733. The quantitative estimate of drug-likeness (QED) is 0.417. The molecule has 0 spiro atoms. The summed E-state index contributed by atoms with van der Waals surface area (Å²) in [5.41, 5.74) is 0. The maximum atomic E-state index is 5.51. The van der Waals surface area contributed by atoms with E-state index in [2.05, 4.69) is 48.3 Å². The van der Waals surface area contributed by atoms with Crippen molar-refractivity contribution in [3.05, 3.63) is 16.1 Å². The topological polar surface area (TPSA) is 58.5 Å². The average molecular weight is 312 g/mol. The molecule has 0 unspecified atom stereocenters. The largest absolute Gasteiger partial charge is 0.379 e. The molecule has 0 aliphatic rings. The van der Waals surface area contributed by atoms with E-state index in [0.717, 1.165) is 45.0 Å². The maximum absolute atomic E-state index is 5.51. The van der Waals surface area contributed by atoms with Gasteiger partial charge < -0.3 is 15.4 Å². The van der Waals surface area contributed by atoms with Crippen LogP contribution in [-0.2, 0) is 11.2 Å². The van der Waals surface area contributed by atoms with Crippen LogP contribution in [0.3, 0.4) is 0 Å². The normalized spacial score (nSPS) is 12.0. The Kier molecular flexibility index (Phi) is 9.01. The van der Waals surface area contributed by atoms with E-state index < -0.39 is 0 Å². The fourth-order valence-electron chi connectivity index (χ4n) is 1.72. The Balaban J connectivity index is 2.24. The first-order valence-corrected chi connectivity index (χ1v) is 8.48. The van der Waals surface area contributed by atoms with Gasteiger partial charge in [-0.3, -0.25) is 4.99 Å². The fourth-order valence-corrected chi connectivity index (χ4v) is 2.51. The number of nitrogens with one attached hydrogen (secondary N) is 2. The second-order valence-electron chi connectivity index (χ2n) is 5.08. The van der Waals surface area contributed by atoms with Crippen LogP contribution in [0.1, 0.15) is 37.1 Å². The third-order valence-electron chi connectivity index (χ3n) is 2.67. The van der Waals surface area contributed by atoms with Gasteiger partial charge in [-0.2, -0.15) is 0 Å². The van der Waals surface area contributed by atoms with Crippen LogP contribution in [0.4, 0.5) is 0 Å². The van der Waals surface area contributed by atoms with Gasteiger partial charge >= 0.3 is 0 Å². The third kappa shape index (κ3) is 8.67. The van der Waals surface area contributed by atoms with Crippen molar-refractivity contribution in [3.8, 4) is 0 Å². The molecule has 0 aromatic carbocycles. The van der Waals surface area contributed by atoms with Crippen molar-refractivity contribution in [2.24, 2.45) is 4.99 Å². The summed E-state index contributed by atoms with van der Waals surface area (Å²) in [7, 11) is 0. The van der Waals surface area contributed by atoms with E-state index in [4.69, 9.17) is 4.74 Å². The number of guanidine groups is 1. The number of nitrogens with zero attached hydrogens (tertiary/aromatic N) is 2. The van der Waals surface area contributed by atoms with Crippen LogP contribution in [0.15, 0.2) is 11.2 Å². The van der Waals surface area contributed by atoms with Gasteiger partial charge in [-0.15, -0.1) is 11.3 Å². The molecule has 0 aliphatic heterocycles. The second-order valence-corrected chi connectivity index (χ2v) is 6.39. The van der Waals surface area contributed by atoms with E-state index in [1.54, 1.807) is 11.3 Å². The van der Waals surface area contributed by atoms with Crippen molar-refractivity contribution >= 4 is 17.3 Å². The van der Waals surface area contributed by atoms with Crippen molar-refractivity contribution in [1.82, 2.24) is 15.6 Å². The predicted octanol–water partition coefficient (Wildman–Crippen LogP) is 2.36. The number of hydrogen-bond donors (Lipinski definition) is 2. The Morgan fingerprint density at radius 3 is 2.86 bits per heavy atom. The summed E-state index contributed by atoms with van der Waals surface area (Å²) in [4.78, 5) is 10.2. The van der Waals surface area contributed by atoms with Crippen LogP contribution in [0.25, 0.3) is 0 Å². The summed E-state index contributed by atoms with van der Waals surface area (Å²) in [6.45, 7) is 11.5. The molecule has 0 amide bonds. The van der Waals surface area contributed by atoms with E-state index in [-0.39, 0.29) is 0 Å². The number of aliphatic imine (C=N–C) groups is 1. The average Bonchev–Trinajstić information content (AvgIpc) is 2.83. The lowest BCUT2D eigenvalue weighted by Crippen LogP contribution is -2.38. The number of aryl methyl sites for hydroxylation is 1. The summed E-state index contributed by atoms with van der Waals surface area (Å²) >= 11 is 1.75. The Labute approximate surface area is 132 Å². The highest BCUT2D eigenvalue weighted by atomic mass is 32.1. The lowest BCUT2D eigenvalue weighted by molar-refractivity contribution is 0.0782. The summed E-state index contributed by atoms with van der Waals surface area (Å²) in [5, 5.41) is 7.77. The molecule has 21 heavy (non-hydrogen) atoms. The van der Waals surface area contributed by atoms with Gasteiger partial charge in [0.05, 0.1) is 11.1 Å². The summed E-state index contributed by atoms with van der Waals surface area (Å²) in [6.07, 6.45) is 4.09. The summed E-state index contributed by atoms with van der Waals surface area (Å²) < 4.78 is 5.51. The van der Waals surface area contributed by atoms with E-state index in [0.29, 0.717) is 6.10 Å². The van der Waals surface area contributed by atoms with E-state index in [1.807, 2.05) is 6.20 Å². The Morgan fingerprint density at radius 2 is 2.24 bits per heavy atom. The molecular weight excluding hydrogens is 284 g/mol. The minimum absolute atomic E-state index is 0.294. The van der Waals surface area contributed by atoms with Gasteiger partial charge in [-0.05, 0) is 34.1 Å². The van der Waals surface area contributed by atoms with Crippen LogP contribution in [0.2, 0.25) is 0 Å². The smallest absolute Gasteiger partial charge is 0.191 e. The zero-order valence-electron chi connectivity index (χ0n) is 13.6. The molecule has 0 saturated carbocycles. The molecule has 0 fully saturated rings. The maximum Gasteiger partial charge on any atom is 0.191 e. The van der Waals surface area contributed by atoms with Crippen LogP contribution in [0.5, 0.6) is 0 Å². The molecule has 0 bridgehead atoms. The van der Waals surface area contributed by atoms with Crippen LogP contribution >= 0.6 is 11.3 Å². The van der Waals surface area contributed by atoms with Crippen molar-refractivity contribution < 1.29 is 4.74 Å². The highest BCUT2D eigenvalue weighted by Crippen LogP contribution is 2.10. The third-order valence-corrected chi connectivity index (χ3v) is 3.64. The molecule has 1 aromatic rings. The molecule has 5 nitrogen and oxygen atoms in total. The zero-order chi connectivity index (χ0) is 15.5. The molecule has 1 rings (SSSR count). The standard InChI is InChI=1S/C15H28N4OS/c1-5-16-15(17-8-6-10-20-12(2)3)18-9-7-14-19-11-13(4)21-14/h11-12H,5-10H2,1-4H3,(H2,16,17,18). The number of thiazole rings is 1. The van der Waals surface area contributed by atoms with Crippen LogP contribution < -0.4 is 10.6 Å². The predicted molar refractivity (Wildman–Crippen MR) is 90.2 cm³/mol. The van der Waals surface area contributed by atoms with E-state index in [1.165, 1.54) is 9.88 Å². The van der Waals surface area contributed by atoms with E-state index in [9.17, 15) is 0 Å². The van der Waals surface area contributed by atoms with Crippen molar-refractivity contribution in [1.29, 1.82) is 0 Å². The van der Waals surface area contributed by atoms with Gasteiger partial charge in [0, 0.05) is 43.7 Å². The van der Waals surface area contributed by atoms with Crippen molar-refractivity contribution in [3.63, 3.8) is 0 Å². The van der Waals surface area contributed by atoms with Crippen molar-refractivity contribution in [2.45, 2.75) is 46.6 Å². The van der Waals surface area contributed by atoms with Gasteiger partial charge in [0.15, 0.2) is 5.96 Å². The number of hydrogen-bond acceptors (Lipinski definition) is 4. The first-order valence-electron chi connectivity index (χ1n) is 7.67. The van der Waals surface area contributed by atoms with Gasteiger partial charge in [-0.25, -0.2) is 4.98 Å². The zero-order valence-corrected chi connectivity index (χ0v) is 14.4. The van der Waals surface area contributed by atoms with Crippen LogP contribution in [0, 0.1) is 6.92 Å². The first kappa shape index (κ1) is 17.9. The Hall–Kier alpha value is -1.14. The lowest BCUT2D eigenvalue weighted by atomic mass is 10.4. The second kappa shape index (κ2) is 10.6. The van der Waals surface area contributed by atoms with Gasteiger partial charge in [0.1, 0.15) is 0 Å². The molecule has 1 aromatic heterocycles. The molecule has 0 radical (unpaired) electrons. The van der Waals surface area contributed by atoms with Gasteiger partial charge in [-0.1, -0.05) is 0 Å². The molecule has 0 aliphatic carbocycles. The number of ether oxygens (including phenoxy) is 1. The minimum Gasteiger partial charge on any atom is -0.379 e. The molecule has 0 atom stereocenters.